The van der Waals surface area contributed by atoms with Gasteiger partial charge in [-0.15, -0.1) is 0 Å². The zero-order valence-electron chi connectivity index (χ0n) is 14.8. The van der Waals surface area contributed by atoms with Crippen molar-refractivity contribution < 1.29 is 5.11 Å². The van der Waals surface area contributed by atoms with Crippen LogP contribution < -0.4 is 11.1 Å². The molecule has 5 nitrogen and oxygen atoms in total. The summed E-state index contributed by atoms with van der Waals surface area (Å²) in [6, 6.07) is 12.2. The average molecular weight is 403 g/mol. The molecule has 1 unspecified atom stereocenters. The molecule has 1 heterocycles. The summed E-state index contributed by atoms with van der Waals surface area (Å²) in [5, 5.41) is 14.6. The molecule has 0 saturated heterocycles. The summed E-state index contributed by atoms with van der Waals surface area (Å²) in [6.07, 6.45) is 2.54. The first-order chi connectivity index (χ1) is 13.0. The average Bonchev–Trinajstić information content (AvgIpc) is 2.67. The molecule has 0 aliphatic rings. The van der Waals surface area contributed by atoms with Crippen molar-refractivity contribution in [3.63, 3.8) is 0 Å². The molecule has 4 N–H and O–H groups in total. The van der Waals surface area contributed by atoms with Crippen molar-refractivity contribution in [1.82, 2.24) is 9.97 Å². The van der Waals surface area contributed by atoms with E-state index in [2.05, 4.69) is 15.3 Å². The molecule has 140 valence electrons. The maximum absolute atomic E-state index is 10.2. The monoisotopic (exact) mass is 402 g/mol. The number of phenolic OH excluding ortho intramolecular Hbond substituents is 1. The third-order valence-electron chi connectivity index (χ3n) is 4.18. The molecule has 3 rings (SSSR count). The van der Waals surface area contributed by atoms with Crippen molar-refractivity contribution in [2.45, 2.75) is 19.4 Å². The lowest BCUT2D eigenvalue weighted by molar-refractivity contribution is 0.477. The number of hydrogen-bond acceptors (Lipinski definition) is 5. The van der Waals surface area contributed by atoms with Gasteiger partial charge in [-0.3, -0.25) is 0 Å². The summed E-state index contributed by atoms with van der Waals surface area (Å²) >= 11 is 12.2. The van der Waals surface area contributed by atoms with Crippen LogP contribution in [0.4, 0.5) is 5.82 Å². The largest absolute Gasteiger partial charge is 0.507 e. The quantitative estimate of drug-likeness (QED) is 0.541. The van der Waals surface area contributed by atoms with Crippen LogP contribution in [-0.2, 0) is 0 Å². The maximum Gasteiger partial charge on any atom is 0.165 e. The summed E-state index contributed by atoms with van der Waals surface area (Å²) < 4.78 is 0. The van der Waals surface area contributed by atoms with Crippen molar-refractivity contribution in [2.75, 3.05) is 11.9 Å². The second kappa shape index (κ2) is 8.57. The Kier molecular flexibility index (Phi) is 6.16. The van der Waals surface area contributed by atoms with Crippen molar-refractivity contribution in [1.29, 1.82) is 0 Å². The molecule has 0 spiro atoms. The molecule has 1 aromatic heterocycles. The number of nitrogens with one attached hydrogen (secondary N) is 1. The van der Waals surface area contributed by atoms with Gasteiger partial charge >= 0.3 is 0 Å². The van der Waals surface area contributed by atoms with Gasteiger partial charge in [0.2, 0.25) is 0 Å². The number of hydrogen-bond donors (Lipinski definition) is 3. The molecular formula is C20H20Cl2N4O. The normalized spacial score (nSPS) is 12.0. The minimum atomic E-state index is -0.00445. The lowest BCUT2D eigenvalue weighted by atomic mass is 10.1. The predicted molar refractivity (Wildman–Crippen MR) is 111 cm³/mol. The number of nitrogens with two attached hydrogens (primary N) is 1. The molecule has 7 heteroatoms. The molecule has 0 fully saturated rings. The number of anilines is 1. The standard InChI is InChI=1S/C20H20Cl2N4O/c1-2-15(23)10-24-20-17(12-4-3-5-13(21)8-12)11-25-19(26-20)16-9-14(22)6-7-18(16)27/h3-9,11,15,27H,2,10,23H2,1H3,(H,24,25,26). The zero-order valence-corrected chi connectivity index (χ0v) is 16.3. The number of aromatic hydroxyl groups is 1. The number of halogens is 2. The smallest absolute Gasteiger partial charge is 0.165 e. The van der Waals surface area contributed by atoms with E-state index >= 15 is 0 Å². The lowest BCUT2D eigenvalue weighted by Crippen LogP contribution is -2.28. The van der Waals surface area contributed by atoms with E-state index in [1.54, 1.807) is 18.3 Å². The lowest BCUT2D eigenvalue weighted by Gasteiger charge is -2.15. The highest BCUT2D eigenvalue weighted by atomic mass is 35.5. The van der Waals surface area contributed by atoms with E-state index in [-0.39, 0.29) is 11.8 Å². The van der Waals surface area contributed by atoms with Gasteiger partial charge < -0.3 is 16.2 Å². The van der Waals surface area contributed by atoms with E-state index in [0.717, 1.165) is 17.5 Å². The summed E-state index contributed by atoms with van der Waals surface area (Å²) in [6.45, 7) is 2.59. The Hall–Kier alpha value is -2.34. The fourth-order valence-corrected chi connectivity index (χ4v) is 2.94. The van der Waals surface area contributed by atoms with Crippen LogP contribution in [0.3, 0.4) is 0 Å². The first-order valence-electron chi connectivity index (χ1n) is 8.59. The Labute approximate surface area is 168 Å². The summed E-state index contributed by atoms with van der Waals surface area (Å²) in [4.78, 5) is 9.04. The molecule has 27 heavy (non-hydrogen) atoms. The molecule has 3 aromatic rings. The maximum atomic E-state index is 10.2. The van der Waals surface area contributed by atoms with Gasteiger partial charge in [-0.1, -0.05) is 42.3 Å². The summed E-state index contributed by atoms with van der Waals surface area (Å²) in [5.41, 5.74) is 8.19. The molecule has 0 saturated carbocycles. The number of benzene rings is 2. The van der Waals surface area contributed by atoms with Gasteiger partial charge in [0.25, 0.3) is 0 Å². The van der Waals surface area contributed by atoms with Gasteiger partial charge in [0.1, 0.15) is 11.6 Å². The van der Waals surface area contributed by atoms with Crippen molar-refractivity contribution in [3.8, 4) is 28.3 Å². The van der Waals surface area contributed by atoms with Crippen LogP contribution >= 0.6 is 23.2 Å². The SMILES string of the molecule is CCC(N)CNc1nc(-c2cc(Cl)ccc2O)ncc1-c1cccc(Cl)c1. The van der Waals surface area contributed by atoms with Crippen LogP contribution in [-0.4, -0.2) is 27.7 Å². The van der Waals surface area contributed by atoms with Crippen molar-refractivity contribution in [3.05, 3.63) is 58.7 Å². The van der Waals surface area contributed by atoms with Gasteiger partial charge in [0, 0.05) is 34.4 Å². The van der Waals surface area contributed by atoms with Crippen LogP contribution in [0.2, 0.25) is 10.0 Å². The minimum absolute atomic E-state index is 0.00445. The Bertz CT molecular complexity index is 949. The van der Waals surface area contributed by atoms with Crippen molar-refractivity contribution in [2.24, 2.45) is 5.73 Å². The van der Waals surface area contributed by atoms with E-state index in [4.69, 9.17) is 28.9 Å². The Balaban J connectivity index is 2.07. The highest BCUT2D eigenvalue weighted by molar-refractivity contribution is 6.31. The second-order valence-electron chi connectivity index (χ2n) is 6.18. The van der Waals surface area contributed by atoms with Crippen LogP contribution in [0.25, 0.3) is 22.5 Å². The molecule has 0 radical (unpaired) electrons. The Morgan fingerprint density at radius 3 is 2.63 bits per heavy atom. The third kappa shape index (κ3) is 4.69. The third-order valence-corrected chi connectivity index (χ3v) is 4.65. The van der Waals surface area contributed by atoms with E-state index < -0.39 is 0 Å². The first-order valence-corrected chi connectivity index (χ1v) is 9.35. The fourth-order valence-electron chi connectivity index (χ4n) is 2.57. The number of phenols is 1. The van der Waals surface area contributed by atoms with Crippen LogP contribution in [0, 0.1) is 0 Å². The van der Waals surface area contributed by atoms with E-state index in [1.165, 1.54) is 6.07 Å². The van der Waals surface area contributed by atoms with Gasteiger partial charge in [-0.2, -0.15) is 0 Å². The van der Waals surface area contributed by atoms with Gasteiger partial charge in [0.05, 0.1) is 5.56 Å². The Morgan fingerprint density at radius 2 is 1.89 bits per heavy atom. The summed E-state index contributed by atoms with van der Waals surface area (Å²) in [7, 11) is 0. The number of nitrogens with zero attached hydrogens (tertiary/aromatic N) is 2. The highest BCUT2D eigenvalue weighted by Crippen LogP contribution is 2.33. The number of aromatic nitrogens is 2. The predicted octanol–water partition coefficient (Wildman–Crippen LogP) is 4.97. The molecule has 1 atom stereocenters. The van der Waals surface area contributed by atoms with Crippen molar-refractivity contribution >= 4 is 29.0 Å². The fraction of sp³-hybridized carbons (Fsp3) is 0.200. The molecule has 0 aliphatic heterocycles. The van der Waals surface area contributed by atoms with E-state index in [1.807, 2.05) is 31.2 Å². The molecular weight excluding hydrogens is 383 g/mol. The van der Waals surface area contributed by atoms with E-state index in [0.29, 0.717) is 33.8 Å². The molecule has 0 amide bonds. The molecule has 0 aliphatic carbocycles. The van der Waals surface area contributed by atoms with Gasteiger partial charge in [-0.25, -0.2) is 9.97 Å². The number of rotatable bonds is 6. The van der Waals surface area contributed by atoms with Crippen LogP contribution in [0.5, 0.6) is 5.75 Å². The molecule has 2 aromatic carbocycles. The van der Waals surface area contributed by atoms with Gasteiger partial charge in [-0.05, 0) is 42.3 Å². The zero-order chi connectivity index (χ0) is 19.4. The minimum Gasteiger partial charge on any atom is -0.507 e. The Morgan fingerprint density at radius 1 is 1.11 bits per heavy atom. The highest BCUT2D eigenvalue weighted by Gasteiger charge is 2.14. The van der Waals surface area contributed by atoms with E-state index in [9.17, 15) is 5.11 Å². The first kappa shape index (κ1) is 19.4. The van der Waals surface area contributed by atoms with Crippen LogP contribution in [0.1, 0.15) is 13.3 Å². The topological polar surface area (TPSA) is 84.1 Å². The summed E-state index contributed by atoms with van der Waals surface area (Å²) in [5.74, 6) is 1.05. The van der Waals surface area contributed by atoms with Gasteiger partial charge in [0.15, 0.2) is 5.82 Å². The van der Waals surface area contributed by atoms with Crippen LogP contribution in [0.15, 0.2) is 48.7 Å². The second-order valence-corrected chi connectivity index (χ2v) is 7.05. The molecule has 0 bridgehead atoms.